The lowest BCUT2D eigenvalue weighted by Gasteiger charge is -2.30. The lowest BCUT2D eigenvalue weighted by molar-refractivity contribution is 0.795. The van der Waals surface area contributed by atoms with Crippen molar-refractivity contribution in [2.45, 2.75) is 5.41 Å². The van der Waals surface area contributed by atoms with Crippen LogP contribution in [0.3, 0.4) is 0 Å². The van der Waals surface area contributed by atoms with E-state index in [9.17, 15) is 0 Å². The molecular formula is C33H20. The van der Waals surface area contributed by atoms with Gasteiger partial charge in [0.05, 0.1) is 5.41 Å². The molecule has 6 aromatic rings. The Bertz CT molecular complexity index is 1640. The van der Waals surface area contributed by atoms with Crippen LogP contribution in [0.4, 0.5) is 0 Å². The largest absolute Gasteiger partial charge is 0.0725 e. The minimum atomic E-state index is -0.286. The predicted octanol–water partition coefficient (Wildman–Crippen LogP) is 8.34. The third-order valence-corrected chi connectivity index (χ3v) is 7.87. The molecule has 0 aliphatic heterocycles. The van der Waals surface area contributed by atoms with Crippen LogP contribution in [0, 0.1) is 0 Å². The van der Waals surface area contributed by atoms with Crippen molar-refractivity contribution in [3.8, 4) is 22.3 Å². The Morgan fingerprint density at radius 1 is 0.333 bits per heavy atom. The topological polar surface area (TPSA) is 0 Å². The summed E-state index contributed by atoms with van der Waals surface area (Å²) in [7, 11) is 0. The summed E-state index contributed by atoms with van der Waals surface area (Å²) in [6.45, 7) is 0. The van der Waals surface area contributed by atoms with E-state index in [-0.39, 0.29) is 5.41 Å². The number of hydrogen-bond acceptors (Lipinski definition) is 0. The van der Waals surface area contributed by atoms with E-state index in [0.29, 0.717) is 0 Å². The molecule has 0 amide bonds. The lowest BCUT2D eigenvalue weighted by atomic mass is 9.70. The summed E-state index contributed by atoms with van der Waals surface area (Å²) in [4.78, 5) is 0. The second-order valence-electron chi connectivity index (χ2n) is 9.26. The Hall–Kier alpha value is -4.16. The minimum absolute atomic E-state index is 0.286. The van der Waals surface area contributed by atoms with E-state index in [0.717, 1.165) is 0 Å². The molecule has 0 bridgehead atoms. The highest BCUT2D eigenvalue weighted by Crippen LogP contribution is 2.64. The molecule has 33 heavy (non-hydrogen) atoms. The van der Waals surface area contributed by atoms with E-state index in [1.807, 2.05) is 0 Å². The van der Waals surface area contributed by atoms with Crippen LogP contribution in [0.25, 0.3) is 43.8 Å². The van der Waals surface area contributed by atoms with E-state index in [2.05, 4.69) is 121 Å². The summed E-state index contributed by atoms with van der Waals surface area (Å²) in [5.74, 6) is 0. The molecule has 0 nitrogen and oxygen atoms in total. The van der Waals surface area contributed by atoms with Crippen LogP contribution in [0.1, 0.15) is 22.3 Å². The van der Waals surface area contributed by atoms with Gasteiger partial charge in [-0.2, -0.15) is 0 Å². The van der Waals surface area contributed by atoms with Crippen LogP contribution in [-0.4, -0.2) is 0 Å². The monoisotopic (exact) mass is 416 g/mol. The normalized spacial score (nSPS) is 14.3. The average molecular weight is 417 g/mol. The van der Waals surface area contributed by atoms with E-state index in [4.69, 9.17) is 0 Å². The van der Waals surface area contributed by atoms with Crippen LogP contribution in [0.15, 0.2) is 121 Å². The minimum Gasteiger partial charge on any atom is -0.0619 e. The molecule has 2 aliphatic carbocycles. The van der Waals surface area contributed by atoms with Crippen LogP contribution >= 0.6 is 0 Å². The van der Waals surface area contributed by atoms with Gasteiger partial charge < -0.3 is 0 Å². The van der Waals surface area contributed by atoms with Gasteiger partial charge in [0.1, 0.15) is 0 Å². The highest BCUT2D eigenvalue weighted by molar-refractivity contribution is 6.09. The zero-order valence-electron chi connectivity index (χ0n) is 18.0. The third-order valence-electron chi connectivity index (χ3n) is 7.87. The Kier molecular flexibility index (Phi) is 3.16. The van der Waals surface area contributed by atoms with Gasteiger partial charge in [0, 0.05) is 0 Å². The Morgan fingerprint density at radius 3 is 1.27 bits per heavy atom. The maximum absolute atomic E-state index is 2.39. The van der Waals surface area contributed by atoms with E-state index in [1.54, 1.807) is 0 Å². The van der Waals surface area contributed by atoms with Gasteiger partial charge in [-0.15, -0.1) is 0 Å². The Morgan fingerprint density at radius 2 is 0.758 bits per heavy atom. The summed E-state index contributed by atoms with van der Waals surface area (Å²) in [6.07, 6.45) is 0. The van der Waals surface area contributed by atoms with Crippen molar-refractivity contribution in [3.05, 3.63) is 144 Å². The SMILES string of the molecule is c1ccc2c(c1)-c1c(ccc3ccccc13)C21c2ccccc2-c2c1ccc1ccccc21. The van der Waals surface area contributed by atoms with Crippen LogP contribution in [0.5, 0.6) is 0 Å². The van der Waals surface area contributed by atoms with Crippen LogP contribution in [0.2, 0.25) is 0 Å². The molecule has 0 saturated carbocycles. The molecule has 0 aromatic heterocycles. The van der Waals surface area contributed by atoms with Gasteiger partial charge in [-0.05, 0) is 66.1 Å². The van der Waals surface area contributed by atoms with Crippen molar-refractivity contribution < 1.29 is 0 Å². The van der Waals surface area contributed by atoms with E-state index < -0.39 is 0 Å². The smallest absolute Gasteiger partial charge is 0.0619 e. The fourth-order valence-electron chi connectivity index (χ4n) is 6.68. The van der Waals surface area contributed by atoms with E-state index in [1.165, 1.54) is 66.1 Å². The molecule has 6 aromatic carbocycles. The first-order chi connectivity index (χ1) is 16.4. The molecule has 2 aliphatic rings. The average Bonchev–Trinajstić information content (AvgIpc) is 3.36. The second-order valence-corrected chi connectivity index (χ2v) is 9.26. The molecule has 8 rings (SSSR count). The van der Waals surface area contributed by atoms with Crippen LogP contribution in [-0.2, 0) is 5.41 Å². The van der Waals surface area contributed by atoms with Gasteiger partial charge in [-0.3, -0.25) is 0 Å². The van der Waals surface area contributed by atoms with Crippen molar-refractivity contribution in [3.63, 3.8) is 0 Å². The third kappa shape index (κ3) is 1.94. The fourth-order valence-corrected chi connectivity index (χ4v) is 6.68. The molecule has 1 spiro atoms. The zero-order valence-corrected chi connectivity index (χ0v) is 18.0. The first-order valence-corrected chi connectivity index (χ1v) is 11.6. The molecule has 0 atom stereocenters. The molecular weight excluding hydrogens is 396 g/mol. The quantitative estimate of drug-likeness (QED) is 0.233. The second kappa shape index (κ2) is 5.99. The van der Waals surface area contributed by atoms with Crippen molar-refractivity contribution in [2.75, 3.05) is 0 Å². The maximum atomic E-state index is 2.39. The highest BCUT2D eigenvalue weighted by Gasteiger charge is 2.52. The number of hydrogen-bond donors (Lipinski definition) is 0. The molecule has 0 heteroatoms. The van der Waals surface area contributed by atoms with Crippen molar-refractivity contribution >= 4 is 21.5 Å². The van der Waals surface area contributed by atoms with Gasteiger partial charge in [0.2, 0.25) is 0 Å². The summed E-state index contributed by atoms with van der Waals surface area (Å²) in [5, 5.41) is 5.28. The summed E-state index contributed by atoms with van der Waals surface area (Å²) in [5.41, 5.74) is 10.8. The zero-order chi connectivity index (χ0) is 21.6. The standard InChI is InChI=1S/C33H20/c1-3-11-23-21(9-1)17-19-29-31(23)25-13-5-7-15-27(25)33(29)28-16-8-6-14-26(28)32-24-12-4-2-10-22(24)18-20-30(32)33/h1-20H. The molecule has 0 heterocycles. The molecule has 0 unspecified atom stereocenters. The van der Waals surface area contributed by atoms with E-state index >= 15 is 0 Å². The first-order valence-electron chi connectivity index (χ1n) is 11.6. The molecule has 0 saturated heterocycles. The molecule has 152 valence electrons. The van der Waals surface area contributed by atoms with Gasteiger partial charge in [0.15, 0.2) is 0 Å². The van der Waals surface area contributed by atoms with Gasteiger partial charge in [-0.25, -0.2) is 0 Å². The Labute approximate surface area is 192 Å². The number of benzene rings is 6. The maximum Gasteiger partial charge on any atom is 0.0725 e. The Balaban J connectivity index is 1.64. The molecule has 0 radical (unpaired) electrons. The summed E-state index contributed by atoms with van der Waals surface area (Å²) >= 11 is 0. The first kappa shape index (κ1) is 17.4. The van der Waals surface area contributed by atoms with Crippen molar-refractivity contribution in [1.29, 1.82) is 0 Å². The number of fused-ring (bicyclic) bond motifs is 14. The van der Waals surface area contributed by atoms with Crippen LogP contribution < -0.4 is 0 Å². The van der Waals surface area contributed by atoms with Gasteiger partial charge >= 0.3 is 0 Å². The lowest BCUT2D eigenvalue weighted by Crippen LogP contribution is -2.25. The van der Waals surface area contributed by atoms with Gasteiger partial charge in [-0.1, -0.05) is 121 Å². The van der Waals surface area contributed by atoms with Crippen molar-refractivity contribution in [1.82, 2.24) is 0 Å². The fraction of sp³-hybridized carbons (Fsp3) is 0.0303. The predicted molar refractivity (Wildman–Crippen MR) is 138 cm³/mol. The molecule has 0 fully saturated rings. The summed E-state index contributed by atoms with van der Waals surface area (Å²) in [6, 6.07) is 45.1. The number of rotatable bonds is 0. The van der Waals surface area contributed by atoms with Crippen molar-refractivity contribution in [2.24, 2.45) is 0 Å². The van der Waals surface area contributed by atoms with Gasteiger partial charge in [0.25, 0.3) is 0 Å². The molecule has 0 N–H and O–H groups in total. The summed E-state index contributed by atoms with van der Waals surface area (Å²) < 4.78 is 0. The highest BCUT2D eigenvalue weighted by atomic mass is 14.5.